The Morgan fingerprint density at radius 1 is 1.30 bits per heavy atom. The molecule has 1 heterocycles. The summed E-state index contributed by atoms with van der Waals surface area (Å²) in [7, 11) is -3.39. The van der Waals surface area contributed by atoms with Crippen LogP contribution in [0.1, 0.15) is 11.3 Å². The van der Waals surface area contributed by atoms with E-state index in [2.05, 4.69) is 5.10 Å². The zero-order valence-corrected chi connectivity index (χ0v) is 12.5. The fraction of sp³-hybridized carbons (Fsp3) is 0.308. The molecular formula is C13H15ClN2O3S. The maximum atomic E-state index is 11.8. The second-order valence-electron chi connectivity index (χ2n) is 4.42. The molecule has 2 rings (SSSR count). The maximum absolute atomic E-state index is 11.8. The summed E-state index contributed by atoms with van der Waals surface area (Å²) in [5.74, 6) is -0.496. The summed E-state index contributed by atoms with van der Waals surface area (Å²) in [6.07, 6.45) is 0. The largest absolute Gasteiger partial charge is 0.395 e. The average molecular weight is 315 g/mol. The molecule has 0 aliphatic carbocycles. The van der Waals surface area contributed by atoms with Crippen molar-refractivity contribution in [2.75, 3.05) is 12.4 Å². The zero-order chi connectivity index (χ0) is 14.8. The van der Waals surface area contributed by atoms with Crippen LogP contribution in [0.5, 0.6) is 0 Å². The van der Waals surface area contributed by atoms with Crippen molar-refractivity contribution >= 4 is 21.4 Å². The van der Waals surface area contributed by atoms with Gasteiger partial charge in [0.2, 0.25) is 0 Å². The molecule has 0 amide bonds. The number of aliphatic hydroxyl groups is 1. The number of halogens is 1. The average Bonchev–Trinajstić information content (AvgIpc) is 2.67. The molecular weight excluding hydrogens is 300 g/mol. The van der Waals surface area contributed by atoms with E-state index >= 15 is 0 Å². The summed E-state index contributed by atoms with van der Waals surface area (Å²) in [5, 5.41) is 13.3. The lowest BCUT2D eigenvalue weighted by Gasteiger charge is -2.04. The van der Waals surface area contributed by atoms with Crippen molar-refractivity contribution in [3.05, 3.63) is 46.7 Å². The molecule has 0 atom stereocenters. The Morgan fingerprint density at radius 3 is 2.55 bits per heavy atom. The highest BCUT2D eigenvalue weighted by Gasteiger charge is 2.20. The van der Waals surface area contributed by atoms with Crippen LogP contribution < -0.4 is 0 Å². The third-order valence-electron chi connectivity index (χ3n) is 2.89. The Kier molecular flexibility index (Phi) is 4.47. The number of hydrogen-bond acceptors (Lipinski definition) is 4. The van der Waals surface area contributed by atoms with Crippen LogP contribution in [0.2, 0.25) is 5.15 Å². The van der Waals surface area contributed by atoms with E-state index in [9.17, 15) is 8.42 Å². The fourth-order valence-electron chi connectivity index (χ4n) is 1.87. The first kappa shape index (κ1) is 15.0. The minimum atomic E-state index is -3.39. The Labute approximate surface area is 122 Å². The van der Waals surface area contributed by atoms with Crippen LogP contribution in [0.4, 0.5) is 0 Å². The Hall–Kier alpha value is -1.37. The quantitative estimate of drug-likeness (QED) is 0.912. The third kappa shape index (κ3) is 3.20. The van der Waals surface area contributed by atoms with E-state index < -0.39 is 16.4 Å². The number of nitrogens with zero attached hydrogens (tertiary/aromatic N) is 2. The molecule has 0 fully saturated rings. The highest BCUT2D eigenvalue weighted by atomic mass is 35.5. The van der Waals surface area contributed by atoms with Crippen molar-refractivity contribution in [3.63, 3.8) is 0 Å². The van der Waals surface area contributed by atoms with E-state index in [0.717, 1.165) is 5.69 Å². The first-order valence-electron chi connectivity index (χ1n) is 6.05. The third-order valence-corrected chi connectivity index (χ3v) is 4.81. The lowest BCUT2D eigenvalue weighted by Crippen LogP contribution is -2.12. The van der Waals surface area contributed by atoms with Gasteiger partial charge in [0.25, 0.3) is 0 Å². The smallest absolute Gasteiger partial charge is 0.156 e. The number of hydrogen-bond donors (Lipinski definition) is 1. The van der Waals surface area contributed by atoms with Gasteiger partial charge in [-0.15, -0.1) is 0 Å². The van der Waals surface area contributed by atoms with E-state index in [1.54, 1.807) is 6.92 Å². The fourth-order valence-corrected chi connectivity index (χ4v) is 3.49. The second kappa shape index (κ2) is 5.95. The molecule has 0 aliphatic heterocycles. The summed E-state index contributed by atoms with van der Waals surface area (Å²) in [5.41, 5.74) is 1.82. The van der Waals surface area contributed by atoms with Gasteiger partial charge in [0, 0.05) is 5.56 Å². The van der Waals surface area contributed by atoms with Gasteiger partial charge in [-0.25, -0.2) is 13.1 Å². The molecule has 0 unspecified atom stereocenters. The number of para-hydroxylation sites is 1. The summed E-state index contributed by atoms with van der Waals surface area (Å²) < 4.78 is 25.1. The molecule has 2 aromatic rings. The Bertz CT molecular complexity index is 696. The summed E-state index contributed by atoms with van der Waals surface area (Å²) in [6.45, 7) is 1.32. The van der Waals surface area contributed by atoms with Crippen LogP contribution in [0.15, 0.2) is 30.3 Å². The number of aliphatic hydroxyl groups excluding tert-OH is 1. The van der Waals surface area contributed by atoms with Crippen molar-refractivity contribution in [3.8, 4) is 5.69 Å². The number of rotatable bonds is 5. The molecule has 108 valence electrons. The van der Waals surface area contributed by atoms with E-state index in [0.29, 0.717) is 11.3 Å². The predicted octanol–water partition coefficient (Wildman–Crippen LogP) is 1.74. The van der Waals surface area contributed by atoms with Crippen LogP contribution in [0.25, 0.3) is 5.69 Å². The molecule has 0 bridgehead atoms. The van der Waals surface area contributed by atoms with Crippen LogP contribution in [-0.2, 0) is 15.6 Å². The summed E-state index contributed by atoms with van der Waals surface area (Å²) >= 11 is 6.24. The van der Waals surface area contributed by atoms with Gasteiger partial charge in [0.1, 0.15) is 5.15 Å². The lowest BCUT2D eigenvalue weighted by molar-refractivity contribution is 0.319. The van der Waals surface area contributed by atoms with E-state index in [-0.39, 0.29) is 16.7 Å². The van der Waals surface area contributed by atoms with Gasteiger partial charge in [-0.05, 0) is 19.1 Å². The molecule has 0 aliphatic rings. The molecule has 0 saturated carbocycles. The molecule has 1 aromatic carbocycles. The van der Waals surface area contributed by atoms with Crippen LogP contribution in [0.3, 0.4) is 0 Å². The first-order valence-corrected chi connectivity index (χ1v) is 8.25. The van der Waals surface area contributed by atoms with Gasteiger partial charge in [0.05, 0.1) is 29.5 Å². The van der Waals surface area contributed by atoms with Gasteiger partial charge in [0.15, 0.2) is 9.84 Å². The molecule has 1 N–H and O–H groups in total. The van der Waals surface area contributed by atoms with Crippen molar-refractivity contribution in [2.45, 2.75) is 12.7 Å². The van der Waals surface area contributed by atoms with Crippen LogP contribution in [-0.4, -0.2) is 35.7 Å². The SMILES string of the molecule is Cc1nn(-c2ccccc2)c(Cl)c1CS(=O)(=O)CCO. The number of aromatic nitrogens is 2. The minimum Gasteiger partial charge on any atom is -0.395 e. The van der Waals surface area contributed by atoms with Gasteiger partial charge in [-0.2, -0.15) is 5.10 Å². The number of sulfone groups is 1. The van der Waals surface area contributed by atoms with Crippen LogP contribution in [0, 0.1) is 6.92 Å². The van der Waals surface area contributed by atoms with Crippen LogP contribution >= 0.6 is 11.6 Å². The first-order chi connectivity index (χ1) is 9.44. The summed E-state index contributed by atoms with van der Waals surface area (Å²) in [4.78, 5) is 0. The van der Waals surface area contributed by atoms with Gasteiger partial charge in [-0.1, -0.05) is 29.8 Å². The van der Waals surface area contributed by atoms with E-state index in [4.69, 9.17) is 16.7 Å². The molecule has 7 heteroatoms. The standard InChI is InChI=1S/C13H15ClN2O3S/c1-10-12(9-20(18,19)8-7-17)13(14)16(15-10)11-5-3-2-4-6-11/h2-6,17H,7-9H2,1H3. The number of aryl methyl sites for hydroxylation is 1. The number of benzene rings is 1. The monoisotopic (exact) mass is 314 g/mol. The van der Waals surface area contributed by atoms with Gasteiger partial charge in [-0.3, -0.25) is 0 Å². The molecule has 20 heavy (non-hydrogen) atoms. The molecule has 0 radical (unpaired) electrons. The Morgan fingerprint density at radius 2 is 1.95 bits per heavy atom. The van der Waals surface area contributed by atoms with Crippen molar-refractivity contribution in [1.82, 2.24) is 9.78 Å². The lowest BCUT2D eigenvalue weighted by atomic mass is 10.3. The minimum absolute atomic E-state index is 0.217. The Balaban J connectivity index is 2.40. The highest BCUT2D eigenvalue weighted by Crippen LogP contribution is 2.25. The highest BCUT2D eigenvalue weighted by molar-refractivity contribution is 7.90. The van der Waals surface area contributed by atoms with Crippen molar-refractivity contribution < 1.29 is 13.5 Å². The van der Waals surface area contributed by atoms with Gasteiger partial charge < -0.3 is 5.11 Å². The predicted molar refractivity (Wildman–Crippen MR) is 77.9 cm³/mol. The zero-order valence-electron chi connectivity index (χ0n) is 11.0. The van der Waals surface area contributed by atoms with Crippen molar-refractivity contribution in [2.24, 2.45) is 0 Å². The maximum Gasteiger partial charge on any atom is 0.156 e. The second-order valence-corrected chi connectivity index (χ2v) is 6.96. The topological polar surface area (TPSA) is 72.2 Å². The van der Waals surface area contributed by atoms with E-state index in [1.807, 2.05) is 30.3 Å². The molecule has 0 saturated heterocycles. The molecule has 5 nitrogen and oxygen atoms in total. The van der Waals surface area contributed by atoms with Gasteiger partial charge >= 0.3 is 0 Å². The van der Waals surface area contributed by atoms with Crippen molar-refractivity contribution in [1.29, 1.82) is 0 Å². The molecule has 1 aromatic heterocycles. The van der Waals surface area contributed by atoms with E-state index in [1.165, 1.54) is 4.68 Å². The molecule has 0 spiro atoms. The summed E-state index contributed by atoms with van der Waals surface area (Å²) in [6, 6.07) is 9.25. The normalized spacial score (nSPS) is 11.8.